The Hall–Kier alpha value is -2.74. The molecule has 8 heteroatoms. The van der Waals surface area contributed by atoms with Crippen molar-refractivity contribution < 1.29 is 4.79 Å². The lowest BCUT2D eigenvalue weighted by Crippen LogP contribution is -2.42. The van der Waals surface area contributed by atoms with Crippen molar-refractivity contribution in [1.29, 1.82) is 0 Å². The van der Waals surface area contributed by atoms with Gasteiger partial charge in [0.15, 0.2) is 0 Å². The molecular formula is C18H20N4O3S. The third-order valence-electron chi connectivity index (χ3n) is 4.12. The number of benzene rings is 1. The van der Waals surface area contributed by atoms with Gasteiger partial charge in [0.25, 0.3) is 5.56 Å². The second kappa shape index (κ2) is 7.65. The van der Waals surface area contributed by atoms with Gasteiger partial charge in [-0.15, -0.1) is 11.3 Å². The van der Waals surface area contributed by atoms with E-state index >= 15 is 0 Å². The van der Waals surface area contributed by atoms with Gasteiger partial charge in [-0.05, 0) is 26.0 Å². The molecule has 136 valence electrons. The zero-order valence-electron chi connectivity index (χ0n) is 14.7. The number of nitrogens with zero attached hydrogens (tertiary/aromatic N) is 3. The van der Waals surface area contributed by atoms with Crippen LogP contribution in [0.1, 0.15) is 17.6 Å². The summed E-state index contributed by atoms with van der Waals surface area (Å²) in [6.07, 6.45) is 0.639. The van der Waals surface area contributed by atoms with E-state index in [1.165, 1.54) is 4.57 Å². The zero-order chi connectivity index (χ0) is 18.7. The molecule has 2 heterocycles. The zero-order valence-corrected chi connectivity index (χ0v) is 15.5. The van der Waals surface area contributed by atoms with Gasteiger partial charge in [0.2, 0.25) is 5.91 Å². The minimum Gasteiger partial charge on any atom is -0.354 e. The third-order valence-corrected chi connectivity index (χ3v) is 4.94. The molecule has 0 aliphatic carbocycles. The number of fused-ring (bicyclic) bond motifs is 1. The molecule has 3 aromatic rings. The molecule has 0 saturated heterocycles. The quantitative estimate of drug-likeness (QED) is 0.707. The summed E-state index contributed by atoms with van der Waals surface area (Å²) in [5, 5.41) is 6.20. The molecule has 0 atom stereocenters. The summed E-state index contributed by atoms with van der Waals surface area (Å²) < 4.78 is 2.50. The van der Waals surface area contributed by atoms with Crippen LogP contribution >= 0.6 is 11.3 Å². The highest BCUT2D eigenvalue weighted by Crippen LogP contribution is 2.08. The Morgan fingerprint density at radius 2 is 2.00 bits per heavy atom. The van der Waals surface area contributed by atoms with Crippen LogP contribution in [0.5, 0.6) is 0 Å². The van der Waals surface area contributed by atoms with Crippen molar-refractivity contribution >= 4 is 28.1 Å². The second-order valence-electron chi connectivity index (χ2n) is 5.89. The van der Waals surface area contributed by atoms with Crippen LogP contribution in [0.2, 0.25) is 0 Å². The normalized spacial score (nSPS) is 11.0. The molecule has 3 rings (SSSR count). The SMILES string of the molecule is CCn1c(=O)c2ccccc2n(CC(=O)NCCc2csc(C)n2)c1=O. The summed E-state index contributed by atoms with van der Waals surface area (Å²) in [6.45, 7) is 4.25. The molecule has 2 aromatic heterocycles. The summed E-state index contributed by atoms with van der Waals surface area (Å²) in [6, 6.07) is 6.84. The first-order valence-corrected chi connectivity index (χ1v) is 9.29. The van der Waals surface area contributed by atoms with Gasteiger partial charge in [-0.2, -0.15) is 0 Å². The fourth-order valence-electron chi connectivity index (χ4n) is 2.86. The minimum absolute atomic E-state index is 0.129. The van der Waals surface area contributed by atoms with Gasteiger partial charge in [-0.25, -0.2) is 9.78 Å². The highest BCUT2D eigenvalue weighted by Gasteiger charge is 2.14. The summed E-state index contributed by atoms with van der Waals surface area (Å²) in [4.78, 5) is 41.7. The number of aryl methyl sites for hydroxylation is 1. The molecule has 0 bridgehead atoms. The van der Waals surface area contributed by atoms with E-state index in [4.69, 9.17) is 0 Å². The predicted molar refractivity (Wildman–Crippen MR) is 102 cm³/mol. The van der Waals surface area contributed by atoms with Gasteiger partial charge in [-0.1, -0.05) is 12.1 Å². The first-order valence-electron chi connectivity index (χ1n) is 8.41. The first kappa shape index (κ1) is 18.1. The molecular weight excluding hydrogens is 352 g/mol. The number of hydrogen-bond acceptors (Lipinski definition) is 5. The molecule has 0 aliphatic rings. The second-order valence-corrected chi connectivity index (χ2v) is 6.96. The molecule has 0 aliphatic heterocycles. The van der Waals surface area contributed by atoms with Crippen molar-refractivity contribution in [3.63, 3.8) is 0 Å². The van der Waals surface area contributed by atoms with E-state index in [2.05, 4.69) is 10.3 Å². The van der Waals surface area contributed by atoms with E-state index in [0.717, 1.165) is 15.3 Å². The van der Waals surface area contributed by atoms with E-state index in [1.54, 1.807) is 42.5 Å². The molecule has 0 spiro atoms. The van der Waals surface area contributed by atoms with Gasteiger partial charge in [0.1, 0.15) is 6.54 Å². The van der Waals surface area contributed by atoms with Crippen LogP contribution in [0.4, 0.5) is 0 Å². The van der Waals surface area contributed by atoms with Crippen molar-refractivity contribution in [2.24, 2.45) is 0 Å². The maximum absolute atomic E-state index is 12.6. The Morgan fingerprint density at radius 3 is 2.69 bits per heavy atom. The molecule has 1 N–H and O–H groups in total. The van der Waals surface area contributed by atoms with Gasteiger partial charge in [0, 0.05) is 24.9 Å². The minimum atomic E-state index is -0.471. The number of nitrogens with one attached hydrogen (secondary N) is 1. The van der Waals surface area contributed by atoms with Crippen LogP contribution in [0.15, 0.2) is 39.2 Å². The Bertz CT molecular complexity index is 1060. The van der Waals surface area contributed by atoms with E-state index < -0.39 is 5.69 Å². The molecule has 1 aromatic carbocycles. The van der Waals surface area contributed by atoms with Crippen LogP contribution in [0.3, 0.4) is 0 Å². The fourth-order valence-corrected chi connectivity index (χ4v) is 3.50. The smallest absolute Gasteiger partial charge is 0.331 e. The van der Waals surface area contributed by atoms with Crippen molar-refractivity contribution in [2.75, 3.05) is 6.54 Å². The highest BCUT2D eigenvalue weighted by molar-refractivity contribution is 7.09. The maximum Gasteiger partial charge on any atom is 0.331 e. The lowest BCUT2D eigenvalue weighted by Gasteiger charge is -2.13. The largest absolute Gasteiger partial charge is 0.354 e. The number of carbonyl (C=O) groups is 1. The average Bonchev–Trinajstić information content (AvgIpc) is 3.04. The van der Waals surface area contributed by atoms with Gasteiger partial charge in [-0.3, -0.25) is 18.7 Å². The summed E-state index contributed by atoms with van der Waals surface area (Å²) in [5.74, 6) is -0.273. The van der Waals surface area contributed by atoms with Gasteiger partial charge in [0.05, 0.1) is 21.6 Å². The Labute approximate surface area is 153 Å². The summed E-state index contributed by atoms with van der Waals surface area (Å²) >= 11 is 1.57. The summed E-state index contributed by atoms with van der Waals surface area (Å²) in [7, 11) is 0. The Kier molecular flexibility index (Phi) is 5.32. The number of aromatic nitrogens is 3. The number of para-hydroxylation sites is 1. The monoisotopic (exact) mass is 372 g/mol. The summed E-state index contributed by atoms with van der Waals surface area (Å²) in [5.41, 5.74) is 0.609. The van der Waals surface area contributed by atoms with Gasteiger partial charge >= 0.3 is 5.69 Å². The highest BCUT2D eigenvalue weighted by atomic mass is 32.1. The van der Waals surface area contributed by atoms with Crippen molar-refractivity contribution in [3.05, 3.63) is 61.2 Å². The predicted octanol–water partition coefficient (Wildman–Crippen LogP) is 1.31. The van der Waals surface area contributed by atoms with E-state index in [9.17, 15) is 14.4 Å². The van der Waals surface area contributed by atoms with Crippen LogP contribution in [-0.4, -0.2) is 26.6 Å². The third kappa shape index (κ3) is 3.60. The molecule has 26 heavy (non-hydrogen) atoms. The van der Waals surface area contributed by atoms with Crippen LogP contribution in [0, 0.1) is 6.92 Å². The van der Waals surface area contributed by atoms with E-state index in [0.29, 0.717) is 23.9 Å². The molecule has 0 unspecified atom stereocenters. The van der Waals surface area contributed by atoms with Crippen molar-refractivity contribution in [1.82, 2.24) is 19.4 Å². The van der Waals surface area contributed by atoms with Crippen LogP contribution < -0.4 is 16.6 Å². The lowest BCUT2D eigenvalue weighted by molar-refractivity contribution is -0.121. The van der Waals surface area contributed by atoms with Crippen LogP contribution in [0.25, 0.3) is 10.9 Å². The Morgan fingerprint density at radius 1 is 1.23 bits per heavy atom. The van der Waals surface area contributed by atoms with Crippen molar-refractivity contribution in [3.8, 4) is 0 Å². The molecule has 0 saturated carbocycles. The molecule has 0 radical (unpaired) electrons. The van der Waals surface area contributed by atoms with Gasteiger partial charge < -0.3 is 5.32 Å². The number of amides is 1. The van der Waals surface area contributed by atoms with Crippen LogP contribution in [-0.2, 0) is 24.3 Å². The standard InChI is InChI=1S/C18H20N4O3S/c1-3-21-17(24)14-6-4-5-7-15(14)22(18(21)25)10-16(23)19-9-8-13-11-26-12(2)20-13/h4-7,11H,3,8-10H2,1-2H3,(H,19,23). The van der Waals surface area contributed by atoms with E-state index in [1.807, 2.05) is 12.3 Å². The number of carbonyl (C=O) groups excluding carboxylic acids is 1. The topological polar surface area (TPSA) is 86.0 Å². The number of thiazole rings is 1. The average molecular weight is 372 g/mol. The number of hydrogen-bond donors (Lipinski definition) is 1. The lowest BCUT2D eigenvalue weighted by atomic mass is 10.2. The van der Waals surface area contributed by atoms with Crippen molar-refractivity contribution in [2.45, 2.75) is 33.4 Å². The maximum atomic E-state index is 12.6. The first-order chi connectivity index (χ1) is 12.5. The molecule has 1 amide bonds. The fraction of sp³-hybridized carbons (Fsp3) is 0.333. The Balaban J connectivity index is 1.80. The molecule has 0 fully saturated rings. The molecule has 7 nitrogen and oxygen atoms in total. The van der Waals surface area contributed by atoms with E-state index in [-0.39, 0.29) is 24.6 Å². The number of rotatable bonds is 6.